The van der Waals surface area contributed by atoms with E-state index in [1.54, 1.807) is 6.92 Å². The van der Waals surface area contributed by atoms with E-state index in [9.17, 15) is 8.42 Å². The Labute approximate surface area is 106 Å². The minimum atomic E-state index is -3.69. The molecule has 1 atom stereocenters. The van der Waals surface area contributed by atoms with Gasteiger partial charge in [0.05, 0.1) is 17.0 Å². The van der Waals surface area contributed by atoms with Crippen LogP contribution in [0.25, 0.3) is 0 Å². The Morgan fingerprint density at radius 3 is 2.82 bits per heavy atom. The predicted molar refractivity (Wildman–Crippen MR) is 63.8 cm³/mol. The van der Waals surface area contributed by atoms with E-state index in [0.29, 0.717) is 0 Å². The molecule has 92 valence electrons. The van der Waals surface area contributed by atoms with Crippen LogP contribution in [0.5, 0.6) is 0 Å². The highest BCUT2D eigenvalue weighted by molar-refractivity contribution is 7.89. The van der Waals surface area contributed by atoms with Gasteiger partial charge in [-0.3, -0.25) is 4.98 Å². The van der Waals surface area contributed by atoms with Crippen molar-refractivity contribution in [3.8, 4) is 6.07 Å². The van der Waals surface area contributed by atoms with E-state index in [-0.39, 0.29) is 22.4 Å². The second-order valence-corrected chi connectivity index (χ2v) is 6.04. The lowest BCUT2D eigenvalue weighted by Crippen LogP contribution is -2.31. The Morgan fingerprint density at radius 2 is 2.29 bits per heavy atom. The summed E-state index contributed by atoms with van der Waals surface area (Å²) in [5, 5.41) is 8.79. The third-order valence-electron chi connectivity index (χ3n) is 2.17. The first-order valence-electron chi connectivity index (χ1n) is 4.85. The molecule has 5 nitrogen and oxygen atoms in total. The van der Waals surface area contributed by atoms with E-state index < -0.39 is 10.0 Å². The summed E-state index contributed by atoms with van der Waals surface area (Å²) < 4.78 is 25.3. The number of aromatic nitrogens is 1. The van der Waals surface area contributed by atoms with Gasteiger partial charge in [-0.2, -0.15) is 9.57 Å². The molecule has 17 heavy (non-hydrogen) atoms. The summed E-state index contributed by atoms with van der Waals surface area (Å²) in [6.45, 7) is 1.76. The van der Waals surface area contributed by atoms with Crippen LogP contribution in [-0.2, 0) is 10.0 Å². The van der Waals surface area contributed by atoms with Gasteiger partial charge in [-0.05, 0) is 13.0 Å². The standard InChI is InChI=1S/C10H12ClN3O2S/c1-8(5-12)7-14(2)17(15,16)10-6-13-4-3-9(10)11/h3-4,6,8H,7H2,1-2H3. The van der Waals surface area contributed by atoms with Crippen LogP contribution in [0.1, 0.15) is 6.92 Å². The van der Waals surface area contributed by atoms with Crippen molar-refractivity contribution in [2.45, 2.75) is 11.8 Å². The first-order valence-corrected chi connectivity index (χ1v) is 6.67. The monoisotopic (exact) mass is 273 g/mol. The minimum Gasteiger partial charge on any atom is -0.263 e. The molecule has 1 heterocycles. The molecule has 0 radical (unpaired) electrons. The molecule has 1 aromatic heterocycles. The molecule has 0 aliphatic carbocycles. The highest BCUT2D eigenvalue weighted by Crippen LogP contribution is 2.22. The van der Waals surface area contributed by atoms with Crippen LogP contribution >= 0.6 is 11.6 Å². The topological polar surface area (TPSA) is 74.1 Å². The summed E-state index contributed by atoms with van der Waals surface area (Å²) in [5.74, 6) is -0.384. The second-order valence-electron chi connectivity index (χ2n) is 3.62. The summed E-state index contributed by atoms with van der Waals surface area (Å²) >= 11 is 5.81. The zero-order valence-electron chi connectivity index (χ0n) is 9.46. The fourth-order valence-electron chi connectivity index (χ4n) is 1.25. The zero-order chi connectivity index (χ0) is 13.1. The van der Waals surface area contributed by atoms with E-state index in [0.717, 1.165) is 4.31 Å². The number of hydrogen-bond acceptors (Lipinski definition) is 4. The van der Waals surface area contributed by atoms with Crippen molar-refractivity contribution in [2.75, 3.05) is 13.6 Å². The van der Waals surface area contributed by atoms with Crippen LogP contribution in [0.4, 0.5) is 0 Å². The fraction of sp³-hybridized carbons (Fsp3) is 0.400. The lowest BCUT2D eigenvalue weighted by molar-refractivity contribution is 0.439. The SMILES string of the molecule is CC(C#N)CN(C)S(=O)(=O)c1cnccc1Cl. The molecule has 0 saturated carbocycles. The number of nitrogens with zero attached hydrogens (tertiary/aromatic N) is 3. The smallest absolute Gasteiger partial charge is 0.245 e. The molecule has 7 heteroatoms. The maximum Gasteiger partial charge on any atom is 0.245 e. The van der Waals surface area contributed by atoms with Crippen LogP contribution in [0.15, 0.2) is 23.4 Å². The Bertz CT molecular complexity index is 539. The number of hydrogen-bond donors (Lipinski definition) is 0. The Morgan fingerprint density at radius 1 is 1.65 bits per heavy atom. The van der Waals surface area contributed by atoms with E-state index in [1.165, 1.54) is 25.5 Å². The van der Waals surface area contributed by atoms with Gasteiger partial charge in [0.15, 0.2) is 0 Å². The Kier molecular flexibility index (Phi) is 4.46. The number of pyridine rings is 1. The molecule has 0 aromatic carbocycles. The van der Waals surface area contributed by atoms with Crippen molar-refractivity contribution in [2.24, 2.45) is 5.92 Å². The summed E-state index contributed by atoms with van der Waals surface area (Å²) in [6, 6.07) is 3.39. The summed E-state index contributed by atoms with van der Waals surface area (Å²) in [6.07, 6.45) is 2.62. The van der Waals surface area contributed by atoms with E-state index in [2.05, 4.69) is 4.98 Å². The van der Waals surface area contributed by atoms with Crippen molar-refractivity contribution in [3.63, 3.8) is 0 Å². The third kappa shape index (κ3) is 3.16. The molecule has 0 bridgehead atoms. The molecule has 1 aromatic rings. The van der Waals surface area contributed by atoms with Gasteiger partial charge < -0.3 is 0 Å². The van der Waals surface area contributed by atoms with Gasteiger partial charge in [0.25, 0.3) is 0 Å². The Hall–Kier alpha value is -1.16. The number of halogens is 1. The largest absolute Gasteiger partial charge is 0.263 e. The van der Waals surface area contributed by atoms with Crippen molar-refractivity contribution >= 4 is 21.6 Å². The normalized spacial score (nSPS) is 13.4. The summed E-state index contributed by atoms with van der Waals surface area (Å²) in [7, 11) is -2.28. The molecule has 0 aliphatic heterocycles. The second kappa shape index (κ2) is 5.45. The third-order valence-corrected chi connectivity index (χ3v) is 4.47. The average molecular weight is 274 g/mol. The molecule has 0 spiro atoms. The Balaban J connectivity index is 3.05. The van der Waals surface area contributed by atoms with E-state index in [1.807, 2.05) is 6.07 Å². The number of sulfonamides is 1. The number of rotatable bonds is 4. The van der Waals surface area contributed by atoms with Gasteiger partial charge in [0.2, 0.25) is 10.0 Å². The molecule has 0 N–H and O–H groups in total. The maximum atomic E-state index is 12.1. The first-order chi connectivity index (χ1) is 7.89. The van der Waals surface area contributed by atoms with E-state index in [4.69, 9.17) is 16.9 Å². The van der Waals surface area contributed by atoms with Crippen LogP contribution in [0, 0.1) is 17.2 Å². The maximum absolute atomic E-state index is 12.1. The lowest BCUT2D eigenvalue weighted by Gasteiger charge is -2.18. The first kappa shape index (κ1) is 13.9. The minimum absolute atomic E-state index is 0.0469. The average Bonchev–Trinajstić information content (AvgIpc) is 2.29. The summed E-state index contributed by atoms with van der Waals surface area (Å²) in [5.41, 5.74) is 0. The molecular formula is C10H12ClN3O2S. The van der Waals surface area contributed by atoms with Crippen LogP contribution < -0.4 is 0 Å². The van der Waals surface area contributed by atoms with Crippen LogP contribution in [-0.4, -0.2) is 31.3 Å². The molecule has 0 amide bonds. The van der Waals surface area contributed by atoms with Crippen molar-refractivity contribution in [1.29, 1.82) is 5.26 Å². The highest BCUT2D eigenvalue weighted by Gasteiger charge is 2.24. The van der Waals surface area contributed by atoms with Crippen molar-refractivity contribution in [1.82, 2.24) is 9.29 Å². The molecule has 0 aliphatic rings. The highest BCUT2D eigenvalue weighted by atomic mass is 35.5. The fourth-order valence-corrected chi connectivity index (χ4v) is 2.91. The van der Waals surface area contributed by atoms with Crippen molar-refractivity contribution in [3.05, 3.63) is 23.5 Å². The van der Waals surface area contributed by atoms with Gasteiger partial charge in [-0.15, -0.1) is 0 Å². The quantitative estimate of drug-likeness (QED) is 0.833. The molecule has 0 saturated heterocycles. The van der Waals surface area contributed by atoms with Crippen LogP contribution in [0.3, 0.4) is 0 Å². The van der Waals surface area contributed by atoms with Gasteiger partial charge >= 0.3 is 0 Å². The van der Waals surface area contributed by atoms with Gasteiger partial charge in [-0.1, -0.05) is 11.6 Å². The van der Waals surface area contributed by atoms with Crippen molar-refractivity contribution < 1.29 is 8.42 Å². The van der Waals surface area contributed by atoms with E-state index >= 15 is 0 Å². The van der Waals surface area contributed by atoms with Gasteiger partial charge in [0, 0.05) is 26.0 Å². The molecule has 1 unspecified atom stereocenters. The number of nitriles is 1. The summed E-state index contributed by atoms with van der Waals surface area (Å²) in [4.78, 5) is 3.69. The predicted octanol–water partition coefficient (Wildman–Crippen LogP) is 1.52. The molecule has 1 rings (SSSR count). The van der Waals surface area contributed by atoms with Gasteiger partial charge in [0.1, 0.15) is 4.90 Å². The van der Waals surface area contributed by atoms with Gasteiger partial charge in [-0.25, -0.2) is 8.42 Å². The van der Waals surface area contributed by atoms with Crippen LogP contribution in [0.2, 0.25) is 5.02 Å². The lowest BCUT2D eigenvalue weighted by atomic mass is 10.2. The zero-order valence-corrected chi connectivity index (χ0v) is 11.0. The molecule has 0 fully saturated rings. The molecular weight excluding hydrogens is 262 g/mol.